The number of aliphatic hydroxyl groups is 3. The monoisotopic (exact) mass is 1110 g/mol. The molecule has 9 rings (SSSR count). The summed E-state index contributed by atoms with van der Waals surface area (Å²) in [6, 6.07) is 37.5. The molecule has 0 spiro atoms. The van der Waals surface area contributed by atoms with Crippen molar-refractivity contribution in [3.8, 4) is 0 Å². The number of rotatable bonds is 5. The van der Waals surface area contributed by atoms with Crippen LogP contribution in [0.25, 0.3) is 0 Å². The van der Waals surface area contributed by atoms with Crippen LogP contribution in [0.5, 0.6) is 0 Å². The number of carbonyl (C=O) groups is 1. The molecule has 0 amide bonds. The van der Waals surface area contributed by atoms with Crippen LogP contribution in [0.4, 0.5) is 35.1 Å². The van der Waals surface area contributed by atoms with Gasteiger partial charge in [-0.3, -0.25) is 27.3 Å². The lowest BCUT2D eigenvalue weighted by atomic mass is 9.79. The number of nitrogens with zero attached hydrogens (tertiary/aromatic N) is 1. The van der Waals surface area contributed by atoms with Crippen LogP contribution in [-0.4, -0.2) is 67.8 Å². The lowest BCUT2D eigenvalue weighted by Crippen LogP contribution is -2.33. The molecule has 5 aromatic rings. The van der Waals surface area contributed by atoms with Crippen molar-refractivity contribution in [2.45, 2.75) is 147 Å². The molecule has 4 aliphatic rings. The first-order valence-corrected chi connectivity index (χ1v) is 25.2. The summed E-state index contributed by atoms with van der Waals surface area (Å²) in [6.07, 6.45) is 15.2. The summed E-state index contributed by atoms with van der Waals surface area (Å²) in [4.78, 5) is 13.4. The second-order valence-electron chi connectivity index (χ2n) is 17.5. The molecule has 3 N–H and O–H groups in total. The van der Waals surface area contributed by atoms with Gasteiger partial charge in [-0.25, -0.2) is 17.6 Å². The maximum Gasteiger partial charge on any atom is 0.159 e. The molecule has 0 bridgehead atoms. The predicted molar refractivity (Wildman–Crippen MR) is 292 cm³/mol. The Bertz CT molecular complexity index is 2130. The number of likely N-dealkylation sites (tertiary alicyclic amines) is 1. The lowest BCUT2D eigenvalue weighted by molar-refractivity contribution is -0.121. The number of hydrogen-bond donors (Lipinski definition) is 3. The van der Waals surface area contributed by atoms with E-state index in [0.29, 0.717) is 65.7 Å². The summed E-state index contributed by atoms with van der Waals surface area (Å²) >= 11 is 3.31. The van der Waals surface area contributed by atoms with E-state index < -0.39 is 40.1 Å². The number of benzene rings is 5. The van der Waals surface area contributed by atoms with Gasteiger partial charge in [0.15, 0.2) is 11.6 Å². The maximum atomic E-state index is 13.5. The zero-order valence-electron chi connectivity index (χ0n) is 42.4. The van der Waals surface area contributed by atoms with E-state index in [9.17, 15) is 55.2 Å². The second-order valence-corrected chi connectivity index (χ2v) is 18.4. The Balaban J connectivity index is 0. The topological polar surface area (TPSA) is 81.0 Å². The molecule has 0 aromatic heterocycles. The van der Waals surface area contributed by atoms with Gasteiger partial charge in [0.1, 0.15) is 17.4 Å². The van der Waals surface area contributed by atoms with Gasteiger partial charge in [0.2, 0.25) is 0 Å². The van der Waals surface area contributed by atoms with Crippen LogP contribution in [0, 0.1) is 23.3 Å². The van der Waals surface area contributed by atoms with Gasteiger partial charge in [-0.15, -0.1) is 0 Å². The molecule has 1 heterocycles. The first-order chi connectivity index (χ1) is 34.8. The number of halogens is 9. The minimum atomic E-state index is -1.09. The third-order valence-electron chi connectivity index (χ3n) is 12.6. The summed E-state index contributed by atoms with van der Waals surface area (Å²) in [5.41, 5.74) is 0.601. The van der Waals surface area contributed by atoms with Crippen LogP contribution in [0.2, 0.25) is 0 Å². The van der Waals surface area contributed by atoms with Crippen LogP contribution in [0.15, 0.2) is 132 Å². The number of hydrogen-bond acceptors (Lipinski definition) is 5. The molecule has 74 heavy (non-hydrogen) atoms. The summed E-state index contributed by atoms with van der Waals surface area (Å²) in [7, 11) is 2.00. The SMILES string of the molecule is Brc1ccccc1.C.C.CF.CF.CF.CF.O=C1CCN(Cc2ccccc2)CC1.OC1(c2ccc(F)c(F)c2)CCCCC1.OC1(c2ccc(F)cc2F)CCCCC1.OC1(c2ccccc2)CCCCC1. The average molecular weight is 1120 g/mol. The van der Waals surface area contributed by atoms with Gasteiger partial charge in [0.05, 0.1) is 45.5 Å². The molecule has 1 aliphatic heterocycles. The normalized spacial score (nSPS) is 16.6. The third-order valence-corrected chi connectivity index (χ3v) is 13.2. The minimum Gasteiger partial charge on any atom is -0.385 e. The van der Waals surface area contributed by atoms with Gasteiger partial charge in [-0.2, -0.15) is 0 Å². The van der Waals surface area contributed by atoms with Crippen LogP contribution in [0.3, 0.4) is 0 Å². The molecule has 0 radical (unpaired) electrons. The van der Waals surface area contributed by atoms with Gasteiger partial charge in [-0.1, -0.05) is 180 Å². The van der Waals surface area contributed by atoms with E-state index >= 15 is 0 Å². The molecule has 3 saturated carbocycles. The molecular weight excluding hydrogens is 1030 g/mol. The number of ketones is 1. The van der Waals surface area contributed by atoms with E-state index in [0.717, 1.165) is 125 Å². The highest BCUT2D eigenvalue weighted by Gasteiger charge is 2.34. The molecule has 14 heteroatoms. The van der Waals surface area contributed by atoms with E-state index in [1.807, 2.05) is 66.7 Å². The molecule has 3 aliphatic carbocycles. The van der Waals surface area contributed by atoms with Crippen molar-refractivity contribution < 1.29 is 55.2 Å². The Morgan fingerprint density at radius 3 is 1.27 bits per heavy atom. The van der Waals surface area contributed by atoms with Gasteiger partial charge in [-0.05, 0) is 85.5 Å². The minimum absolute atomic E-state index is 0. The first-order valence-electron chi connectivity index (χ1n) is 24.4. The van der Waals surface area contributed by atoms with E-state index in [-0.39, 0.29) is 20.4 Å². The molecule has 0 atom stereocenters. The van der Waals surface area contributed by atoms with E-state index in [1.165, 1.54) is 30.2 Å². The van der Waals surface area contributed by atoms with E-state index in [4.69, 9.17) is 0 Å². The molecule has 0 unspecified atom stereocenters. The third kappa shape index (κ3) is 25.9. The molecule has 4 fully saturated rings. The van der Waals surface area contributed by atoms with Crippen molar-refractivity contribution in [2.24, 2.45) is 0 Å². The Morgan fingerprint density at radius 1 is 0.459 bits per heavy atom. The fourth-order valence-electron chi connectivity index (χ4n) is 8.87. The molecule has 5 nitrogen and oxygen atoms in total. The van der Waals surface area contributed by atoms with Crippen molar-refractivity contribution >= 4 is 21.7 Å². The van der Waals surface area contributed by atoms with Crippen LogP contribution in [-0.2, 0) is 28.1 Å². The summed E-state index contributed by atoms with van der Waals surface area (Å²) in [5.74, 6) is -2.57. The van der Waals surface area contributed by atoms with Crippen molar-refractivity contribution in [1.82, 2.24) is 4.90 Å². The Hall–Kier alpha value is -4.47. The Morgan fingerprint density at radius 2 is 0.865 bits per heavy atom. The van der Waals surface area contributed by atoms with Gasteiger partial charge in [0.25, 0.3) is 0 Å². The molecular formula is C60H84BrF8NO4. The largest absolute Gasteiger partial charge is 0.385 e. The second kappa shape index (κ2) is 40.8. The van der Waals surface area contributed by atoms with Crippen molar-refractivity contribution in [2.75, 3.05) is 41.8 Å². The van der Waals surface area contributed by atoms with Crippen molar-refractivity contribution in [1.29, 1.82) is 0 Å². The highest BCUT2D eigenvalue weighted by molar-refractivity contribution is 9.10. The Kier molecular flexibility index (Phi) is 39.5. The van der Waals surface area contributed by atoms with E-state index in [2.05, 4.69) is 45.1 Å². The fourth-order valence-corrected chi connectivity index (χ4v) is 9.18. The van der Waals surface area contributed by atoms with Crippen molar-refractivity contribution in [3.05, 3.63) is 177 Å². The number of Topliss-reactive ketones (excluding diaryl/α,β-unsaturated/α-hetero) is 1. The smallest absolute Gasteiger partial charge is 0.159 e. The summed E-state index contributed by atoms with van der Waals surface area (Å²) in [6.45, 7) is 2.83. The van der Waals surface area contributed by atoms with Crippen molar-refractivity contribution in [3.63, 3.8) is 0 Å². The van der Waals surface area contributed by atoms with Crippen LogP contribution < -0.4 is 0 Å². The standard InChI is InChI=1S/2C12H14F2O.C12H15NO.C12H16O.C6H5Br.4CH3F.2CH4/c13-9-4-5-10(11(14)8-9)12(15)6-2-1-3-7-12;13-10-5-4-9(8-11(10)14)12(15)6-2-1-3-7-12;14-12-6-8-13(9-7-12)10-11-4-2-1-3-5-11;13-12(9-5-2-6-10-12)11-7-3-1-4-8-11;7-6-4-2-1-3-5-6;4*1-2;;/h2*4-5,8,15H,1-3,6-7H2;1-5H,6-10H2;1,3-4,7-8,13H,2,5-6,9-10H2;1-5H;4*1H3;2*1H4. The van der Waals surface area contributed by atoms with Gasteiger partial charge < -0.3 is 15.3 Å². The zero-order chi connectivity index (χ0) is 53.8. The highest BCUT2D eigenvalue weighted by Crippen LogP contribution is 2.39. The Labute approximate surface area is 446 Å². The fraction of sp³-hybridized carbons (Fsp3) is 0.483. The van der Waals surface area contributed by atoms with E-state index in [1.54, 1.807) is 0 Å². The highest BCUT2D eigenvalue weighted by atomic mass is 79.9. The predicted octanol–water partition coefficient (Wildman–Crippen LogP) is 17.0. The number of alkyl halides is 4. The zero-order valence-corrected chi connectivity index (χ0v) is 44.0. The lowest BCUT2D eigenvalue weighted by Gasteiger charge is -2.32. The summed E-state index contributed by atoms with van der Waals surface area (Å²) in [5, 5.41) is 30.9. The maximum absolute atomic E-state index is 13.5. The van der Waals surface area contributed by atoms with Gasteiger partial charge in [0, 0.05) is 48.6 Å². The molecule has 416 valence electrons. The molecule has 5 aromatic carbocycles. The first kappa shape index (κ1) is 71.6. The molecule has 1 saturated heterocycles. The van der Waals surface area contributed by atoms with Crippen LogP contribution >= 0.6 is 15.9 Å². The quantitative estimate of drug-likeness (QED) is 0.153. The average Bonchev–Trinajstić information content (AvgIpc) is 3.42. The summed E-state index contributed by atoms with van der Waals surface area (Å²) < 4.78 is 91.1. The number of piperidine rings is 1. The van der Waals surface area contributed by atoms with Gasteiger partial charge >= 0.3 is 0 Å². The number of carbonyl (C=O) groups excluding carboxylic acids is 1. The van der Waals surface area contributed by atoms with Crippen LogP contribution in [0.1, 0.15) is 146 Å².